The Morgan fingerprint density at radius 3 is 2.18 bits per heavy atom. The molecule has 1 rings (SSSR count). The fourth-order valence-electron chi connectivity index (χ4n) is 0.632. The van der Waals surface area contributed by atoms with Crippen molar-refractivity contribution in [2.24, 2.45) is 7.05 Å². The van der Waals surface area contributed by atoms with Gasteiger partial charge in [0.25, 0.3) is 0 Å². The lowest BCUT2D eigenvalue weighted by atomic mass is 10.5. The Morgan fingerprint density at radius 1 is 1.45 bits per heavy atom. The summed E-state index contributed by atoms with van der Waals surface area (Å²) in [6.45, 7) is 0. The van der Waals surface area contributed by atoms with Gasteiger partial charge in [0.1, 0.15) is 5.69 Å². The van der Waals surface area contributed by atoms with E-state index in [9.17, 15) is 0 Å². The molecule has 0 fully saturated rings. The van der Waals surface area contributed by atoms with Crippen LogP contribution in [-0.4, -0.2) is 15.0 Å². The Morgan fingerprint density at radius 2 is 2.00 bits per heavy atom. The minimum absolute atomic E-state index is 0.419. The van der Waals surface area contributed by atoms with E-state index >= 15 is 0 Å². The molecule has 0 spiro atoms. The lowest BCUT2D eigenvalue weighted by molar-refractivity contribution is 0.684. The first-order chi connectivity index (χ1) is 4.93. The van der Waals surface area contributed by atoms with Gasteiger partial charge >= 0.3 is 0 Å². The van der Waals surface area contributed by atoms with Gasteiger partial charge in [0, 0.05) is 7.05 Å². The molecule has 3 nitrogen and oxygen atoms in total. The van der Waals surface area contributed by atoms with Gasteiger partial charge in [0.15, 0.2) is 4.60 Å². The molecule has 0 aliphatic carbocycles. The number of hydrogen-bond donors (Lipinski definition) is 0. The third-order valence-electron chi connectivity index (χ3n) is 1.05. The molecule has 0 atom stereocenters. The molecule has 0 saturated heterocycles. The zero-order chi connectivity index (χ0) is 8.65. The van der Waals surface area contributed by atoms with Crippen LogP contribution in [0.2, 0.25) is 0 Å². The van der Waals surface area contributed by atoms with Gasteiger partial charge in [0.05, 0.1) is 0 Å². The topological polar surface area (TPSA) is 30.7 Å². The molecule has 0 N–H and O–H groups in total. The number of hydrogen-bond acceptors (Lipinski definition) is 2. The third-order valence-corrected chi connectivity index (χ3v) is 2.13. The molecular formula is C4H3BrCl3N3. The van der Waals surface area contributed by atoms with Crippen LogP contribution in [0.1, 0.15) is 5.69 Å². The van der Waals surface area contributed by atoms with E-state index in [4.69, 9.17) is 34.8 Å². The number of aromatic nitrogens is 3. The zero-order valence-corrected chi connectivity index (χ0v) is 9.21. The number of halogens is 4. The van der Waals surface area contributed by atoms with Crippen molar-refractivity contribution in [3.05, 3.63) is 10.3 Å². The zero-order valence-electron chi connectivity index (χ0n) is 5.35. The van der Waals surface area contributed by atoms with Gasteiger partial charge in [0.2, 0.25) is 3.79 Å². The number of rotatable bonds is 0. The second-order valence-corrected chi connectivity index (χ2v) is 4.88. The van der Waals surface area contributed by atoms with Crippen LogP contribution in [0, 0.1) is 0 Å². The summed E-state index contributed by atoms with van der Waals surface area (Å²) in [5.74, 6) is 0. The highest BCUT2D eigenvalue weighted by Gasteiger charge is 2.30. The van der Waals surface area contributed by atoms with E-state index in [1.165, 1.54) is 4.68 Å². The maximum Gasteiger partial charge on any atom is 0.234 e. The van der Waals surface area contributed by atoms with Crippen LogP contribution in [0.5, 0.6) is 0 Å². The molecule has 0 aliphatic rings. The van der Waals surface area contributed by atoms with E-state index in [0.717, 1.165) is 0 Å². The van der Waals surface area contributed by atoms with Crippen LogP contribution in [0.25, 0.3) is 0 Å². The van der Waals surface area contributed by atoms with E-state index in [2.05, 4.69) is 26.2 Å². The Kier molecular flexibility index (Phi) is 2.69. The lowest BCUT2D eigenvalue weighted by Crippen LogP contribution is -2.08. The molecule has 0 aromatic carbocycles. The fourth-order valence-corrected chi connectivity index (χ4v) is 2.24. The minimum atomic E-state index is -1.49. The average Bonchev–Trinajstić information content (AvgIpc) is 2.08. The van der Waals surface area contributed by atoms with Crippen LogP contribution < -0.4 is 0 Å². The Hall–Kier alpha value is 0.490. The van der Waals surface area contributed by atoms with Crippen molar-refractivity contribution in [2.75, 3.05) is 0 Å². The highest BCUT2D eigenvalue weighted by Crippen LogP contribution is 2.40. The SMILES string of the molecule is Cn1nnc(Br)c1C(Cl)(Cl)Cl. The Bertz CT molecular complexity index is 247. The summed E-state index contributed by atoms with van der Waals surface area (Å²) in [5.41, 5.74) is 0.419. The van der Waals surface area contributed by atoms with Gasteiger partial charge in [-0.3, -0.25) is 0 Å². The molecule has 1 aromatic rings. The van der Waals surface area contributed by atoms with Crippen LogP contribution in [-0.2, 0) is 10.8 Å². The van der Waals surface area contributed by atoms with Crippen molar-refractivity contribution in [1.29, 1.82) is 0 Å². The van der Waals surface area contributed by atoms with Crippen molar-refractivity contribution in [3.63, 3.8) is 0 Å². The number of aryl methyl sites for hydroxylation is 1. The molecule has 62 valence electrons. The first kappa shape index (κ1) is 9.58. The monoisotopic (exact) mass is 277 g/mol. The van der Waals surface area contributed by atoms with E-state index in [1.54, 1.807) is 7.05 Å². The molecule has 1 heterocycles. The summed E-state index contributed by atoms with van der Waals surface area (Å²) in [7, 11) is 1.65. The summed E-state index contributed by atoms with van der Waals surface area (Å²) in [6, 6.07) is 0. The molecule has 11 heavy (non-hydrogen) atoms. The third kappa shape index (κ3) is 1.99. The second kappa shape index (κ2) is 3.09. The quantitative estimate of drug-likeness (QED) is 0.683. The van der Waals surface area contributed by atoms with Crippen molar-refractivity contribution >= 4 is 50.7 Å². The van der Waals surface area contributed by atoms with E-state index in [0.29, 0.717) is 10.3 Å². The molecule has 0 bridgehead atoms. The maximum atomic E-state index is 5.61. The highest BCUT2D eigenvalue weighted by atomic mass is 79.9. The van der Waals surface area contributed by atoms with Crippen molar-refractivity contribution < 1.29 is 0 Å². The van der Waals surface area contributed by atoms with Crippen molar-refractivity contribution in [3.8, 4) is 0 Å². The van der Waals surface area contributed by atoms with Gasteiger partial charge in [-0.1, -0.05) is 40.0 Å². The summed E-state index contributed by atoms with van der Waals surface area (Å²) in [6.07, 6.45) is 0. The predicted octanol–water partition coefficient (Wildman–Crippen LogP) is 2.40. The summed E-state index contributed by atoms with van der Waals surface area (Å²) in [4.78, 5) is 0. The lowest BCUT2D eigenvalue weighted by Gasteiger charge is -2.09. The molecule has 0 saturated carbocycles. The molecule has 0 unspecified atom stereocenters. The van der Waals surface area contributed by atoms with Gasteiger partial charge in [-0.2, -0.15) is 0 Å². The Labute approximate surface area is 86.7 Å². The van der Waals surface area contributed by atoms with Crippen LogP contribution in [0.15, 0.2) is 4.60 Å². The van der Waals surface area contributed by atoms with E-state index in [1.807, 2.05) is 0 Å². The summed E-state index contributed by atoms with van der Waals surface area (Å²) < 4.78 is 0.355. The summed E-state index contributed by atoms with van der Waals surface area (Å²) in [5, 5.41) is 7.31. The van der Waals surface area contributed by atoms with E-state index < -0.39 is 3.79 Å². The summed E-state index contributed by atoms with van der Waals surface area (Å²) >= 11 is 19.9. The smallest absolute Gasteiger partial charge is 0.234 e. The van der Waals surface area contributed by atoms with Crippen LogP contribution in [0.3, 0.4) is 0 Å². The molecule has 0 amide bonds. The van der Waals surface area contributed by atoms with Gasteiger partial charge < -0.3 is 0 Å². The van der Waals surface area contributed by atoms with Crippen molar-refractivity contribution in [2.45, 2.75) is 3.79 Å². The molecule has 7 heteroatoms. The second-order valence-electron chi connectivity index (χ2n) is 1.85. The number of nitrogens with zero attached hydrogens (tertiary/aromatic N) is 3. The minimum Gasteiger partial charge on any atom is -0.247 e. The number of alkyl halides is 3. The van der Waals surface area contributed by atoms with Gasteiger partial charge in [-0.25, -0.2) is 4.68 Å². The fraction of sp³-hybridized carbons (Fsp3) is 0.500. The van der Waals surface area contributed by atoms with E-state index in [-0.39, 0.29) is 0 Å². The van der Waals surface area contributed by atoms with Crippen LogP contribution in [0.4, 0.5) is 0 Å². The molecule has 0 radical (unpaired) electrons. The maximum absolute atomic E-state index is 5.61. The first-order valence-corrected chi connectivity index (χ1v) is 4.48. The predicted molar refractivity (Wildman–Crippen MR) is 47.9 cm³/mol. The van der Waals surface area contributed by atoms with Gasteiger partial charge in [-0.05, 0) is 15.9 Å². The highest BCUT2D eigenvalue weighted by molar-refractivity contribution is 9.10. The van der Waals surface area contributed by atoms with Crippen molar-refractivity contribution in [1.82, 2.24) is 15.0 Å². The first-order valence-electron chi connectivity index (χ1n) is 2.55. The molecular weight excluding hydrogens is 276 g/mol. The normalized spacial score (nSPS) is 12.1. The molecule has 1 aromatic heterocycles. The molecule has 0 aliphatic heterocycles. The average molecular weight is 279 g/mol. The van der Waals surface area contributed by atoms with Crippen LogP contribution >= 0.6 is 50.7 Å². The van der Waals surface area contributed by atoms with Gasteiger partial charge in [-0.15, -0.1) is 5.10 Å². The largest absolute Gasteiger partial charge is 0.247 e. The Balaban J connectivity index is 3.21. The standard InChI is InChI=1S/C4H3BrCl3N3/c1-11-2(4(6,7)8)3(5)9-10-11/h1H3.